The lowest BCUT2D eigenvalue weighted by atomic mass is 10.2. The van der Waals surface area contributed by atoms with Crippen LogP contribution in [0, 0.1) is 0 Å². The molecule has 7 nitrogen and oxygen atoms in total. The van der Waals surface area contributed by atoms with Crippen LogP contribution in [0.4, 0.5) is 13.2 Å². The van der Waals surface area contributed by atoms with Crippen LogP contribution < -0.4 is 10.1 Å². The van der Waals surface area contributed by atoms with Gasteiger partial charge in [0.1, 0.15) is 11.4 Å². The number of carbonyl (C=O) groups is 1. The minimum Gasteiger partial charge on any atom is -0.470 e. The van der Waals surface area contributed by atoms with E-state index in [0.717, 1.165) is 12.8 Å². The van der Waals surface area contributed by atoms with Gasteiger partial charge in [-0.15, -0.1) is 0 Å². The molecule has 12 heteroatoms. The lowest BCUT2D eigenvalue weighted by Gasteiger charge is -2.08. The molecule has 2 aromatic heterocycles. The number of hydrogen-bond acceptors (Lipinski definition) is 4. The summed E-state index contributed by atoms with van der Waals surface area (Å²) >= 11 is 12.0. The molecule has 0 atom stereocenters. The van der Waals surface area contributed by atoms with Crippen molar-refractivity contribution in [1.82, 2.24) is 24.9 Å². The van der Waals surface area contributed by atoms with E-state index in [1.165, 1.54) is 9.36 Å². The minimum absolute atomic E-state index is 0.00708. The maximum atomic E-state index is 13.1. The maximum absolute atomic E-state index is 13.1. The summed E-state index contributed by atoms with van der Waals surface area (Å²) in [5.74, 6) is 0.106. The van der Waals surface area contributed by atoms with E-state index in [9.17, 15) is 18.0 Å². The fourth-order valence-electron chi connectivity index (χ4n) is 3.32. The molecule has 2 heterocycles. The molecule has 0 saturated heterocycles. The highest BCUT2D eigenvalue weighted by Crippen LogP contribution is 2.46. The topological polar surface area (TPSA) is 74.0 Å². The van der Waals surface area contributed by atoms with Crippen molar-refractivity contribution in [2.24, 2.45) is 0 Å². The molecule has 4 rings (SSSR count). The first-order chi connectivity index (χ1) is 15.7. The Hall–Kier alpha value is -2.72. The number of para-hydroxylation sites is 1. The third kappa shape index (κ3) is 5.62. The number of benzene rings is 1. The zero-order valence-corrected chi connectivity index (χ0v) is 18.8. The van der Waals surface area contributed by atoms with Crippen molar-refractivity contribution in [2.75, 3.05) is 6.54 Å². The number of aryl methyl sites for hydroxylation is 1. The first kappa shape index (κ1) is 23.4. The van der Waals surface area contributed by atoms with Gasteiger partial charge in [-0.1, -0.05) is 35.3 Å². The first-order valence-electron chi connectivity index (χ1n) is 10.3. The Bertz CT molecular complexity index is 1140. The Morgan fingerprint density at radius 2 is 1.94 bits per heavy atom. The molecule has 1 fully saturated rings. The number of alkyl halides is 3. The molecular weight excluding hydrogens is 482 g/mol. The Balaban J connectivity index is 1.28. The molecule has 1 aliphatic carbocycles. The lowest BCUT2D eigenvalue weighted by Crippen LogP contribution is -2.26. The molecule has 0 bridgehead atoms. The zero-order chi connectivity index (χ0) is 23.6. The van der Waals surface area contributed by atoms with Gasteiger partial charge in [0, 0.05) is 25.2 Å². The third-order valence-electron chi connectivity index (χ3n) is 5.06. The molecule has 1 aromatic carbocycles. The first-order valence-corrected chi connectivity index (χ1v) is 11.0. The summed E-state index contributed by atoms with van der Waals surface area (Å²) < 4.78 is 47.8. The molecule has 1 amide bonds. The summed E-state index contributed by atoms with van der Waals surface area (Å²) in [7, 11) is 0. The molecule has 0 spiro atoms. The van der Waals surface area contributed by atoms with Crippen molar-refractivity contribution in [3.05, 3.63) is 63.7 Å². The minimum atomic E-state index is -4.60. The number of ether oxygens (including phenoxy) is 1. The largest absolute Gasteiger partial charge is 0.470 e. The van der Waals surface area contributed by atoms with E-state index in [-0.39, 0.29) is 36.5 Å². The Kier molecular flexibility index (Phi) is 6.85. The van der Waals surface area contributed by atoms with E-state index in [0.29, 0.717) is 22.9 Å². The van der Waals surface area contributed by atoms with E-state index < -0.39 is 17.8 Å². The highest BCUT2D eigenvalue weighted by Gasteiger charge is 2.41. The van der Waals surface area contributed by atoms with Crippen molar-refractivity contribution < 1.29 is 22.7 Å². The van der Waals surface area contributed by atoms with Gasteiger partial charge in [0.25, 0.3) is 5.91 Å². The highest BCUT2D eigenvalue weighted by molar-refractivity contribution is 6.32. The predicted molar refractivity (Wildman–Crippen MR) is 115 cm³/mol. The van der Waals surface area contributed by atoms with Crippen LogP contribution in [0.2, 0.25) is 10.0 Å². The molecule has 1 saturated carbocycles. The molecular formula is C21H20Cl2F3N5O2. The summed E-state index contributed by atoms with van der Waals surface area (Å²) in [6.45, 7) is 0.523. The van der Waals surface area contributed by atoms with E-state index in [1.807, 2.05) is 0 Å². The fourth-order valence-corrected chi connectivity index (χ4v) is 3.91. The average molecular weight is 502 g/mol. The van der Waals surface area contributed by atoms with Gasteiger partial charge in [-0.05, 0) is 37.5 Å². The van der Waals surface area contributed by atoms with E-state index >= 15 is 0 Å². The van der Waals surface area contributed by atoms with Gasteiger partial charge in [0.05, 0.1) is 15.7 Å². The summed E-state index contributed by atoms with van der Waals surface area (Å²) in [6.07, 6.45) is -1.03. The number of amides is 1. The number of aromatic nitrogens is 4. The van der Waals surface area contributed by atoms with Crippen LogP contribution in [0.1, 0.15) is 47.1 Å². The molecule has 3 aromatic rings. The molecule has 176 valence electrons. The summed E-state index contributed by atoms with van der Waals surface area (Å²) in [6, 6.07) is 8.54. The van der Waals surface area contributed by atoms with Gasteiger partial charge >= 0.3 is 6.18 Å². The lowest BCUT2D eigenvalue weighted by molar-refractivity contribution is -0.141. The van der Waals surface area contributed by atoms with Crippen molar-refractivity contribution in [3.63, 3.8) is 0 Å². The summed E-state index contributed by atoms with van der Waals surface area (Å²) in [4.78, 5) is 12.3. The van der Waals surface area contributed by atoms with Gasteiger partial charge in [-0.3, -0.25) is 9.48 Å². The normalized spacial score (nSPS) is 13.8. The van der Waals surface area contributed by atoms with Crippen molar-refractivity contribution >= 4 is 29.1 Å². The molecule has 0 radical (unpaired) electrons. The standard InChI is InChI=1S/C21H20Cl2F3N5O2/c22-14-4-1-2-5-16(14)33-12-30-11-8-15(28-30)20(32)27-9-3-10-31-18(13-6-7-13)17(23)19(29-31)21(24,25)26/h1-2,4-5,8,11,13H,3,6-7,9-10,12H2,(H,27,32). The van der Waals surface area contributed by atoms with Gasteiger partial charge in [0.15, 0.2) is 12.4 Å². The number of rotatable bonds is 9. The van der Waals surface area contributed by atoms with E-state index in [4.69, 9.17) is 27.9 Å². The van der Waals surface area contributed by atoms with E-state index in [2.05, 4.69) is 15.5 Å². The van der Waals surface area contributed by atoms with E-state index in [1.54, 1.807) is 36.5 Å². The van der Waals surface area contributed by atoms with Crippen LogP contribution in [-0.2, 0) is 19.5 Å². The van der Waals surface area contributed by atoms with Gasteiger partial charge in [-0.2, -0.15) is 23.4 Å². The van der Waals surface area contributed by atoms with Crippen molar-refractivity contribution in [2.45, 2.75) is 44.6 Å². The zero-order valence-electron chi connectivity index (χ0n) is 17.3. The molecule has 1 N–H and O–H groups in total. The van der Waals surface area contributed by atoms with Crippen LogP contribution in [-0.4, -0.2) is 32.0 Å². The molecule has 33 heavy (non-hydrogen) atoms. The molecule has 1 aliphatic rings. The second-order valence-corrected chi connectivity index (χ2v) is 8.38. The number of carbonyl (C=O) groups excluding carboxylic acids is 1. The maximum Gasteiger partial charge on any atom is 0.436 e. The smallest absolute Gasteiger partial charge is 0.436 e. The average Bonchev–Trinajstić information content (AvgIpc) is 3.37. The monoisotopic (exact) mass is 501 g/mol. The summed E-state index contributed by atoms with van der Waals surface area (Å²) in [5, 5.41) is 10.7. The third-order valence-corrected chi connectivity index (χ3v) is 5.74. The summed E-state index contributed by atoms with van der Waals surface area (Å²) in [5.41, 5.74) is -0.440. The predicted octanol–water partition coefficient (Wildman–Crippen LogP) is 5.14. The number of hydrogen-bond donors (Lipinski definition) is 1. The number of halogens is 5. The van der Waals surface area contributed by atoms with Gasteiger partial charge in [0.2, 0.25) is 0 Å². The van der Waals surface area contributed by atoms with Crippen LogP contribution in [0.5, 0.6) is 5.75 Å². The fraction of sp³-hybridized carbons (Fsp3) is 0.381. The van der Waals surface area contributed by atoms with Crippen LogP contribution in [0.3, 0.4) is 0 Å². The Morgan fingerprint density at radius 1 is 1.18 bits per heavy atom. The molecule has 0 aliphatic heterocycles. The second kappa shape index (κ2) is 9.64. The van der Waals surface area contributed by atoms with Crippen LogP contribution in [0.25, 0.3) is 0 Å². The Labute approximate surface area is 197 Å². The second-order valence-electron chi connectivity index (χ2n) is 7.60. The van der Waals surface area contributed by atoms with Crippen LogP contribution >= 0.6 is 23.2 Å². The number of nitrogens with one attached hydrogen (secondary N) is 1. The Morgan fingerprint density at radius 3 is 2.64 bits per heavy atom. The van der Waals surface area contributed by atoms with Crippen molar-refractivity contribution in [3.8, 4) is 5.75 Å². The SMILES string of the molecule is O=C(NCCCn1nc(C(F)(F)F)c(Cl)c1C1CC1)c1ccn(COc2ccccc2Cl)n1. The molecule has 0 unspecified atom stereocenters. The number of nitrogens with zero attached hydrogens (tertiary/aromatic N) is 4. The van der Waals surface area contributed by atoms with Crippen molar-refractivity contribution in [1.29, 1.82) is 0 Å². The highest BCUT2D eigenvalue weighted by atomic mass is 35.5. The van der Waals surface area contributed by atoms with Crippen LogP contribution in [0.15, 0.2) is 36.5 Å². The van der Waals surface area contributed by atoms with Gasteiger partial charge in [-0.25, -0.2) is 4.68 Å². The quantitative estimate of drug-likeness (QED) is 0.412. The van der Waals surface area contributed by atoms with Gasteiger partial charge < -0.3 is 10.1 Å².